The first kappa shape index (κ1) is 22.1. The number of hydrogen-bond acceptors (Lipinski definition) is 4. The topological polar surface area (TPSA) is 55.4 Å². The third-order valence-corrected chi connectivity index (χ3v) is 5.83. The van der Waals surface area contributed by atoms with E-state index in [2.05, 4.69) is 5.32 Å². The minimum Gasteiger partial charge on any atom is -0.462 e. The molecule has 0 radical (unpaired) electrons. The van der Waals surface area contributed by atoms with Crippen LogP contribution < -0.4 is 5.32 Å². The van der Waals surface area contributed by atoms with Crippen LogP contribution in [0.4, 0.5) is 5.00 Å². The number of anilines is 1. The minimum atomic E-state index is -0.484. The van der Waals surface area contributed by atoms with E-state index in [0.29, 0.717) is 31.7 Å². The van der Waals surface area contributed by atoms with Gasteiger partial charge in [0, 0.05) is 32.6 Å². The van der Waals surface area contributed by atoms with Gasteiger partial charge in [0.15, 0.2) is 0 Å². The number of ether oxygens (including phenoxy) is 1. The Hall–Kier alpha value is -2.60. The van der Waals surface area contributed by atoms with Gasteiger partial charge in [0.2, 0.25) is 5.91 Å². The summed E-state index contributed by atoms with van der Waals surface area (Å²) < 4.78 is 5.22. The second-order valence-electron chi connectivity index (χ2n) is 6.40. The normalized spacial score (nSPS) is 10.9. The summed E-state index contributed by atoms with van der Waals surface area (Å²) in [5.41, 5.74) is 3.59. The molecule has 0 saturated heterocycles. The first-order valence-electron chi connectivity index (χ1n) is 9.19. The number of hydrogen-bond donors (Lipinski definition) is 1. The Morgan fingerprint density at radius 1 is 1.10 bits per heavy atom. The van der Waals surface area contributed by atoms with Crippen molar-refractivity contribution in [3.05, 3.63) is 80.7 Å². The van der Waals surface area contributed by atoms with Crippen molar-refractivity contribution in [2.75, 3.05) is 11.9 Å². The van der Waals surface area contributed by atoms with Gasteiger partial charge in [-0.1, -0.05) is 59.1 Å². The number of carbonyl (C=O) groups is 2. The van der Waals surface area contributed by atoms with Crippen LogP contribution in [0.2, 0.25) is 10.0 Å². The molecule has 154 valence electrons. The molecular formula is C23H19Cl2NO3S. The molecule has 0 saturated carbocycles. The summed E-state index contributed by atoms with van der Waals surface area (Å²) in [6.07, 6.45) is 2.87. The summed E-state index contributed by atoms with van der Waals surface area (Å²) in [6.45, 7) is 3.97. The van der Waals surface area contributed by atoms with E-state index in [-0.39, 0.29) is 6.61 Å². The molecule has 0 spiro atoms. The molecule has 4 nitrogen and oxygen atoms in total. The lowest BCUT2D eigenvalue weighted by Crippen LogP contribution is -2.12. The smallest absolute Gasteiger partial charge is 0.341 e. The Morgan fingerprint density at radius 2 is 1.77 bits per heavy atom. The van der Waals surface area contributed by atoms with Crippen molar-refractivity contribution in [1.29, 1.82) is 0 Å². The van der Waals surface area contributed by atoms with Crippen molar-refractivity contribution >= 4 is 57.5 Å². The molecule has 7 heteroatoms. The number of amides is 1. The summed E-state index contributed by atoms with van der Waals surface area (Å²) >= 11 is 13.5. The van der Waals surface area contributed by atoms with Gasteiger partial charge in [0.1, 0.15) is 10.6 Å². The van der Waals surface area contributed by atoms with E-state index in [1.165, 1.54) is 17.4 Å². The lowest BCUT2D eigenvalue weighted by Gasteiger charge is -2.08. The van der Waals surface area contributed by atoms with E-state index in [4.69, 9.17) is 27.9 Å². The highest BCUT2D eigenvalue weighted by Gasteiger charge is 2.22. The fourth-order valence-electron chi connectivity index (χ4n) is 2.78. The SMILES string of the molecule is CCOC(=O)c1c(-c2ccc(C)cc2)csc1NC(=O)/C=C/c1c(Cl)cccc1Cl. The van der Waals surface area contributed by atoms with Crippen molar-refractivity contribution in [2.45, 2.75) is 13.8 Å². The summed E-state index contributed by atoms with van der Waals surface area (Å²) in [5.74, 6) is -0.892. The van der Waals surface area contributed by atoms with Crippen molar-refractivity contribution < 1.29 is 14.3 Å². The highest BCUT2D eigenvalue weighted by atomic mass is 35.5. The molecule has 0 aliphatic heterocycles. The van der Waals surface area contributed by atoms with Crippen molar-refractivity contribution in [2.24, 2.45) is 0 Å². The van der Waals surface area contributed by atoms with Crippen LogP contribution in [0, 0.1) is 6.92 Å². The van der Waals surface area contributed by atoms with Crippen LogP contribution in [0.15, 0.2) is 53.9 Å². The molecule has 0 unspecified atom stereocenters. The minimum absolute atomic E-state index is 0.236. The Morgan fingerprint density at radius 3 is 2.40 bits per heavy atom. The number of carbonyl (C=O) groups excluding carboxylic acids is 2. The monoisotopic (exact) mass is 459 g/mol. The van der Waals surface area contributed by atoms with E-state index >= 15 is 0 Å². The second-order valence-corrected chi connectivity index (χ2v) is 8.09. The quantitative estimate of drug-likeness (QED) is 0.323. The van der Waals surface area contributed by atoms with E-state index in [0.717, 1.165) is 11.1 Å². The fraction of sp³-hybridized carbons (Fsp3) is 0.130. The van der Waals surface area contributed by atoms with E-state index in [9.17, 15) is 9.59 Å². The Labute approximate surface area is 189 Å². The molecule has 1 aromatic heterocycles. The van der Waals surface area contributed by atoms with Crippen LogP contribution in [-0.2, 0) is 9.53 Å². The molecule has 0 aliphatic rings. The van der Waals surface area contributed by atoms with Crippen LogP contribution in [0.5, 0.6) is 0 Å². The molecule has 30 heavy (non-hydrogen) atoms. The third-order valence-electron chi connectivity index (χ3n) is 4.27. The summed E-state index contributed by atoms with van der Waals surface area (Å²) in [6, 6.07) is 12.9. The van der Waals surface area contributed by atoms with E-state index in [1.54, 1.807) is 31.2 Å². The average Bonchev–Trinajstić information content (AvgIpc) is 3.12. The predicted octanol–water partition coefficient (Wildman–Crippen LogP) is 6.86. The number of halogens is 2. The number of esters is 1. The van der Waals surface area contributed by atoms with Crippen LogP contribution in [0.25, 0.3) is 17.2 Å². The molecule has 2 aromatic carbocycles. The van der Waals surface area contributed by atoms with Crippen molar-refractivity contribution in [1.82, 2.24) is 0 Å². The zero-order valence-electron chi connectivity index (χ0n) is 16.4. The Bertz CT molecular complexity index is 1080. The van der Waals surface area contributed by atoms with Gasteiger partial charge in [0.25, 0.3) is 0 Å². The molecule has 0 aliphatic carbocycles. The third kappa shape index (κ3) is 5.11. The summed E-state index contributed by atoms with van der Waals surface area (Å²) in [7, 11) is 0. The lowest BCUT2D eigenvalue weighted by atomic mass is 10.0. The standard InChI is InChI=1S/C23H19Cl2NO3S/c1-3-29-23(28)21-17(15-9-7-14(2)8-10-15)13-30-22(21)26-20(27)12-11-16-18(24)5-4-6-19(16)25/h4-13H,3H2,1-2H3,(H,26,27)/b12-11+. The molecule has 0 fully saturated rings. The van der Waals surface area contributed by atoms with E-state index in [1.807, 2.05) is 36.6 Å². The van der Waals surface area contributed by atoms with Crippen LogP contribution >= 0.6 is 34.5 Å². The molecule has 3 aromatic rings. The zero-order valence-corrected chi connectivity index (χ0v) is 18.7. The zero-order chi connectivity index (χ0) is 21.7. The number of rotatable bonds is 6. The number of thiophene rings is 1. The summed E-state index contributed by atoms with van der Waals surface area (Å²) in [4.78, 5) is 25.1. The van der Waals surface area contributed by atoms with Crippen LogP contribution in [0.3, 0.4) is 0 Å². The van der Waals surface area contributed by atoms with Gasteiger partial charge in [-0.3, -0.25) is 4.79 Å². The molecule has 0 bridgehead atoms. The second kappa shape index (κ2) is 9.94. The first-order valence-corrected chi connectivity index (χ1v) is 10.8. The Kier molecular flexibility index (Phi) is 7.32. The highest BCUT2D eigenvalue weighted by molar-refractivity contribution is 7.15. The maximum atomic E-state index is 12.6. The lowest BCUT2D eigenvalue weighted by molar-refractivity contribution is -0.111. The molecule has 1 amide bonds. The molecule has 1 heterocycles. The number of benzene rings is 2. The van der Waals surface area contributed by atoms with Gasteiger partial charge in [-0.15, -0.1) is 11.3 Å². The molecule has 1 N–H and O–H groups in total. The molecular weight excluding hydrogens is 441 g/mol. The fourth-order valence-corrected chi connectivity index (χ4v) is 4.27. The van der Waals surface area contributed by atoms with Gasteiger partial charge in [0.05, 0.1) is 6.61 Å². The highest BCUT2D eigenvalue weighted by Crippen LogP contribution is 2.36. The summed E-state index contributed by atoms with van der Waals surface area (Å²) in [5, 5.41) is 5.90. The van der Waals surface area contributed by atoms with Gasteiger partial charge in [-0.05, 0) is 37.6 Å². The predicted molar refractivity (Wildman–Crippen MR) is 125 cm³/mol. The van der Waals surface area contributed by atoms with Crippen molar-refractivity contribution in [3.8, 4) is 11.1 Å². The maximum absolute atomic E-state index is 12.6. The number of aryl methyl sites for hydroxylation is 1. The maximum Gasteiger partial charge on any atom is 0.341 e. The van der Waals surface area contributed by atoms with Gasteiger partial charge in [-0.25, -0.2) is 4.79 Å². The first-order chi connectivity index (χ1) is 14.4. The van der Waals surface area contributed by atoms with Crippen molar-refractivity contribution in [3.63, 3.8) is 0 Å². The average molecular weight is 460 g/mol. The van der Waals surface area contributed by atoms with Crippen LogP contribution in [-0.4, -0.2) is 18.5 Å². The van der Waals surface area contributed by atoms with Gasteiger partial charge >= 0.3 is 5.97 Å². The van der Waals surface area contributed by atoms with Gasteiger partial charge < -0.3 is 10.1 Å². The van der Waals surface area contributed by atoms with E-state index < -0.39 is 11.9 Å². The van der Waals surface area contributed by atoms with Gasteiger partial charge in [-0.2, -0.15) is 0 Å². The number of nitrogens with one attached hydrogen (secondary N) is 1. The Balaban J connectivity index is 1.90. The largest absolute Gasteiger partial charge is 0.462 e. The molecule has 3 rings (SSSR count). The molecule has 0 atom stereocenters. The van der Waals surface area contributed by atoms with Crippen LogP contribution in [0.1, 0.15) is 28.4 Å².